The van der Waals surface area contributed by atoms with E-state index in [0.29, 0.717) is 22.9 Å². The minimum absolute atomic E-state index is 0.116. The van der Waals surface area contributed by atoms with E-state index in [1.807, 2.05) is 12.1 Å². The van der Waals surface area contributed by atoms with Crippen LogP contribution in [0, 0.1) is 6.92 Å². The number of carbonyl (C=O) groups is 1. The standard InChI is InChI=1S/C22H23N3O5S/c1-15-22(24-16(2)26)21(30-25-15)13-10-17-8-11-19(12-9-17)31(27,28)23-14-18-6-4-5-7-20(18)29-3/h4-13,23H,14H2,1-3H3,(H,24,26)/b13-10-. The van der Waals surface area contributed by atoms with Gasteiger partial charge in [-0.3, -0.25) is 4.79 Å². The van der Waals surface area contributed by atoms with E-state index < -0.39 is 10.0 Å². The molecule has 0 aliphatic heterocycles. The summed E-state index contributed by atoms with van der Waals surface area (Å²) in [5.41, 5.74) is 2.57. The predicted octanol–water partition coefficient (Wildman–Crippen LogP) is 3.60. The van der Waals surface area contributed by atoms with E-state index in [1.165, 1.54) is 19.1 Å². The van der Waals surface area contributed by atoms with Crippen molar-refractivity contribution in [3.63, 3.8) is 0 Å². The van der Waals surface area contributed by atoms with Crippen LogP contribution < -0.4 is 14.8 Å². The zero-order valence-electron chi connectivity index (χ0n) is 17.4. The average Bonchev–Trinajstić information content (AvgIpc) is 3.10. The summed E-state index contributed by atoms with van der Waals surface area (Å²) in [7, 11) is -2.15. The molecular weight excluding hydrogens is 418 g/mol. The molecule has 0 fully saturated rings. The summed E-state index contributed by atoms with van der Waals surface area (Å²) in [6, 6.07) is 13.6. The minimum Gasteiger partial charge on any atom is -0.496 e. The summed E-state index contributed by atoms with van der Waals surface area (Å²) in [6.07, 6.45) is 3.40. The van der Waals surface area contributed by atoms with Crippen molar-refractivity contribution in [2.24, 2.45) is 0 Å². The number of hydrogen-bond acceptors (Lipinski definition) is 6. The molecule has 0 aliphatic rings. The Balaban J connectivity index is 1.71. The molecule has 0 aliphatic carbocycles. The van der Waals surface area contributed by atoms with Gasteiger partial charge in [0.05, 0.1) is 12.0 Å². The van der Waals surface area contributed by atoms with E-state index in [2.05, 4.69) is 15.2 Å². The number of ether oxygens (including phenoxy) is 1. The summed E-state index contributed by atoms with van der Waals surface area (Å²) in [6.45, 7) is 3.25. The fraction of sp³-hybridized carbons (Fsp3) is 0.182. The zero-order valence-corrected chi connectivity index (χ0v) is 18.2. The minimum atomic E-state index is -3.69. The Morgan fingerprint density at radius 1 is 1.13 bits per heavy atom. The highest BCUT2D eigenvalue weighted by molar-refractivity contribution is 7.89. The fourth-order valence-electron chi connectivity index (χ4n) is 2.86. The maximum absolute atomic E-state index is 12.6. The lowest BCUT2D eigenvalue weighted by molar-refractivity contribution is -0.114. The molecule has 9 heteroatoms. The Morgan fingerprint density at radius 3 is 2.52 bits per heavy atom. The highest BCUT2D eigenvalue weighted by Gasteiger charge is 2.15. The Morgan fingerprint density at radius 2 is 1.84 bits per heavy atom. The molecule has 0 saturated heterocycles. The van der Waals surface area contributed by atoms with Crippen LogP contribution in [0.1, 0.15) is 29.5 Å². The fourth-order valence-corrected chi connectivity index (χ4v) is 3.87. The first kappa shape index (κ1) is 22.3. The Kier molecular flexibility index (Phi) is 6.88. The summed E-state index contributed by atoms with van der Waals surface area (Å²) < 4.78 is 38.3. The van der Waals surface area contributed by atoms with Crippen LogP contribution >= 0.6 is 0 Å². The van der Waals surface area contributed by atoms with Crippen LogP contribution in [0.2, 0.25) is 0 Å². The summed E-state index contributed by atoms with van der Waals surface area (Å²) in [5.74, 6) is 0.797. The van der Waals surface area contributed by atoms with E-state index in [1.54, 1.807) is 50.5 Å². The van der Waals surface area contributed by atoms with E-state index in [-0.39, 0.29) is 17.3 Å². The van der Waals surface area contributed by atoms with Gasteiger partial charge in [-0.25, -0.2) is 13.1 Å². The number of sulfonamides is 1. The third-order valence-corrected chi connectivity index (χ3v) is 5.87. The second-order valence-electron chi connectivity index (χ2n) is 6.73. The molecule has 0 saturated carbocycles. The van der Waals surface area contributed by atoms with Crippen LogP contribution in [0.15, 0.2) is 57.9 Å². The van der Waals surface area contributed by atoms with Crippen molar-refractivity contribution in [1.29, 1.82) is 0 Å². The molecule has 31 heavy (non-hydrogen) atoms. The normalized spacial score (nSPS) is 11.6. The maximum atomic E-state index is 12.6. The van der Waals surface area contributed by atoms with E-state index in [4.69, 9.17) is 9.26 Å². The topological polar surface area (TPSA) is 111 Å². The number of hydrogen-bond donors (Lipinski definition) is 2. The van der Waals surface area contributed by atoms with Gasteiger partial charge < -0.3 is 14.6 Å². The molecule has 0 spiro atoms. The Bertz CT molecular complexity index is 1200. The molecule has 3 aromatic rings. The molecule has 8 nitrogen and oxygen atoms in total. The quantitative estimate of drug-likeness (QED) is 0.553. The monoisotopic (exact) mass is 441 g/mol. The van der Waals surface area contributed by atoms with Crippen LogP contribution in [-0.4, -0.2) is 26.6 Å². The van der Waals surface area contributed by atoms with E-state index in [9.17, 15) is 13.2 Å². The molecule has 0 unspecified atom stereocenters. The molecule has 1 heterocycles. The van der Waals surface area contributed by atoms with Crippen molar-refractivity contribution >= 4 is 33.8 Å². The van der Waals surface area contributed by atoms with Gasteiger partial charge in [-0.05, 0) is 36.8 Å². The van der Waals surface area contributed by atoms with Crippen molar-refractivity contribution in [3.8, 4) is 5.75 Å². The van der Waals surface area contributed by atoms with Crippen molar-refractivity contribution in [2.75, 3.05) is 12.4 Å². The van der Waals surface area contributed by atoms with Crippen molar-refractivity contribution in [3.05, 3.63) is 71.1 Å². The van der Waals surface area contributed by atoms with Crippen molar-refractivity contribution in [2.45, 2.75) is 25.3 Å². The van der Waals surface area contributed by atoms with E-state index >= 15 is 0 Å². The number of methoxy groups -OCH3 is 1. The molecule has 2 N–H and O–H groups in total. The van der Waals surface area contributed by atoms with Crippen molar-refractivity contribution in [1.82, 2.24) is 9.88 Å². The number of amides is 1. The van der Waals surface area contributed by atoms with Crippen LogP contribution in [-0.2, 0) is 21.4 Å². The lowest BCUT2D eigenvalue weighted by Gasteiger charge is -2.10. The van der Waals surface area contributed by atoms with Gasteiger partial charge in [0, 0.05) is 19.0 Å². The molecule has 162 valence electrons. The second-order valence-corrected chi connectivity index (χ2v) is 8.49. The lowest BCUT2D eigenvalue weighted by atomic mass is 10.2. The molecule has 3 rings (SSSR count). The number of nitrogens with zero attached hydrogens (tertiary/aromatic N) is 1. The van der Waals surface area contributed by atoms with Crippen LogP contribution in [0.5, 0.6) is 5.75 Å². The summed E-state index contributed by atoms with van der Waals surface area (Å²) in [4.78, 5) is 11.5. The van der Waals surface area contributed by atoms with Crippen LogP contribution in [0.3, 0.4) is 0 Å². The molecule has 1 amide bonds. The largest absolute Gasteiger partial charge is 0.496 e. The highest BCUT2D eigenvalue weighted by atomic mass is 32.2. The number of carbonyl (C=O) groups excluding carboxylic acids is 1. The van der Waals surface area contributed by atoms with Gasteiger partial charge in [0.2, 0.25) is 15.9 Å². The molecule has 0 atom stereocenters. The number of rotatable bonds is 8. The van der Waals surface area contributed by atoms with Gasteiger partial charge in [0.25, 0.3) is 0 Å². The number of anilines is 1. The Hall–Kier alpha value is -3.43. The SMILES string of the molecule is COc1ccccc1CNS(=O)(=O)c1ccc(/C=C\c2onc(C)c2NC(C)=O)cc1. The molecule has 0 radical (unpaired) electrons. The second kappa shape index (κ2) is 9.59. The van der Waals surface area contributed by atoms with Crippen LogP contribution in [0.4, 0.5) is 5.69 Å². The summed E-state index contributed by atoms with van der Waals surface area (Å²) in [5, 5.41) is 6.53. The number of benzene rings is 2. The number of nitrogens with one attached hydrogen (secondary N) is 2. The highest BCUT2D eigenvalue weighted by Crippen LogP contribution is 2.23. The first-order valence-electron chi connectivity index (χ1n) is 9.43. The van der Waals surface area contributed by atoms with Crippen molar-refractivity contribution < 1.29 is 22.5 Å². The van der Waals surface area contributed by atoms with Gasteiger partial charge in [-0.1, -0.05) is 41.6 Å². The van der Waals surface area contributed by atoms with E-state index in [0.717, 1.165) is 11.1 Å². The summed E-state index contributed by atoms with van der Waals surface area (Å²) >= 11 is 0. The molecule has 1 aromatic heterocycles. The maximum Gasteiger partial charge on any atom is 0.240 e. The molecule has 2 aromatic carbocycles. The van der Waals surface area contributed by atoms with Gasteiger partial charge in [-0.2, -0.15) is 0 Å². The van der Waals surface area contributed by atoms with Gasteiger partial charge in [0.1, 0.15) is 17.1 Å². The molecule has 0 bridgehead atoms. The zero-order chi connectivity index (χ0) is 22.4. The predicted molar refractivity (Wildman–Crippen MR) is 118 cm³/mol. The third kappa shape index (κ3) is 5.59. The lowest BCUT2D eigenvalue weighted by Crippen LogP contribution is -2.23. The number of aryl methyl sites for hydroxylation is 1. The van der Waals surface area contributed by atoms with Gasteiger partial charge in [-0.15, -0.1) is 0 Å². The van der Waals surface area contributed by atoms with Crippen LogP contribution in [0.25, 0.3) is 12.2 Å². The van der Waals surface area contributed by atoms with Gasteiger partial charge in [0.15, 0.2) is 5.76 Å². The average molecular weight is 442 g/mol. The molecular formula is C22H23N3O5S. The first-order chi connectivity index (χ1) is 14.8. The van der Waals surface area contributed by atoms with Gasteiger partial charge >= 0.3 is 0 Å². The third-order valence-electron chi connectivity index (χ3n) is 4.45. The smallest absolute Gasteiger partial charge is 0.240 e. The number of aromatic nitrogens is 1. The first-order valence-corrected chi connectivity index (χ1v) is 10.9. The Labute approximate surface area is 181 Å². The number of para-hydroxylation sites is 1.